The summed E-state index contributed by atoms with van der Waals surface area (Å²) < 4.78 is 94.2. The van der Waals surface area contributed by atoms with E-state index in [-0.39, 0.29) is 18.0 Å². The summed E-state index contributed by atoms with van der Waals surface area (Å²) in [5.41, 5.74) is 0.696. The van der Waals surface area contributed by atoms with Gasteiger partial charge in [-0.2, -0.15) is 23.5 Å². The molecule has 2 aromatic rings. The van der Waals surface area contributed by atoms with Gasteiger partial charge in [-0.15, -0.1) is 0 Å². The maximum absolute atomic E-state index is 14.5. The van der Waals surface area contributed by atoms with Gasteiger partial charge in [0.2, 0.25) is 21.9 Å². The Morgan fingerprint density at radius 1 is 1.18 bits per heavy atom. The van der Waals surface area contributed by atoms with Crippen LogP contribution in [-0.2, 0) is 21.4 Å². The molecule has 1 amide bonds. The number of sulfonamides is 1. The van der Waals surface area contributed by atoms with Crippen molar-refractivity contribution in [3.05, 3.63) is 41.7 Å². The lowest BCUT2D eigenvalue weighted by molar-refractivity contribution is -0.142. The van der Waals surface area contributed by atoms with Gasteiger partial charge in [0.15, 0.2) is 0 Å². The number of aromatic nitrogens is 2. The van der Waals surface area contributed by atoms with Crippen molar-refractivity contribution < 1.29 is 35.2 Å². The maximum Gasteiger partial charge on any atom is 0.408 e. The molecular formula is C26H28F5N5O3S. The zero-order valence-electron chi connectivity index (χ0n) is 21.6. The molecule has 1 saturated heterocycles. The van der Waals surface area contributed by atoms with Crippen LogP contribution in [0.1, 0.15) is 55.2 Å². The van der Waals surface area contributed by atoms with E-state index in [4.69, 9.17) is 0 Å². The number of rotatable bonds is 7. The summed E-state index contributed by atoms with van der Waals surface area (Å²) >= 11 is 0. The van der Waals surface area contributed by atoms with Crippen molar-refractivity contribution in [1.29, 1.82) is 5.26 Å². The van der Waals surface area contributed by atoms with Crippen LogP contribution in [0, 0.1) is 17.2 Å². The molecule has 1 N–H and O–H groups in total. The van der Waals surface area contributed by atoms with Gasteiger partial charge < -0.3 is 5.32 Å². The summed E-state index contributed by atoms with van der Waals surface area (Å²) in [4.78, 5) is 13.2. The molecule has 2 aliphatic carbocycles. The van der Waals surface area contributed by atoms with Crippen molar-refractivity contribution in [3.63, 3.8) is 0 Å². The van der Waals surface area contributed by atoms with E-state index in [1.807, 2.05) is 6.07 Å². The van der Waals surface area contributed by atoms with E-state index < -0.39 is 64.8 Å². The van der Waals surface area contributed by atoms with Gasteiger partial charge in [0, 0.05) is 49.5 Å². The minimum Gasteiger partial charge on any atom is -0.338 e. The molecule has 5 rings (SSSR count). The van der Waals surface area contributed by atoms with Gasteiger partial charge in [0.1, 0.15) is 12.1 Å². The third-order valence-corrected chi connectivity index (χ3v) is 9.22. The Morgan fingerprint density at radius 3 is 2.38 bits per heavy atom. The fourth-order valence-corrected chi connectivity index (χ4v) is 6.41. The summed E-state index contributed by atoms with van der Waals surface area (Å²) in [5, 5.41) is 16.1. The topological polar surface area (TPSA) is 108 Å². The van der Waals surface area contributed by atoms with Crippen LogP contribution in [0.2, 0.25) is 0 Å². The zero-order chi connectivity index (χ0) is 29.1. The van der Waals surface area contributed by atoms with Crippen LogP contribution in [-0.4, -0.2) is 65.4 Å². The molecule has 1 aromatic heterocycles. The lowest BCUT2D eigenvalue weighted by atomic mass is 9.74. The second-order valence-electron chi connectivity index (χ2n) is 11.1. The van der Waals surface area contributed by atoms with E-state index in [2.05, 4.69) is 10.4 Å². The molecule has 3 fully saturated rings. The predicted molar refractivity (Wildman–Crippen MR) is 134 cm³/mol. The molecule has 0 spiro atoms. The van der Waals surface area contributed by atoms with Crippen LogP contribution in [0.5, 0.6) is 0 Å². The van der Waals surface area contributed by atoms with Crippen LogP contribution in [0.4, 0.5) is 22.0 Å². The molecule has 1 aliphatic heterocycles. The molecule has 3 aliphatic rings. The van der Waals surface area contributed by atoms with Crippen molar-refractivity contribution in [2.75, 3.05) is 19.3 Å². The van der Waals surface area contributed by atoms with Gasteiger partial charge in [-0.1, -0.05) is 24.3 Å². The van der Waals surface area contributed by atoms with Gasteiger partial charge in [-0.05, 0) is 30.4 Å². The fraction of sp³-hybridized carbons (Fsp3) is 0.577. The molecule has 2 saturated carbocycles. The molecule has 0 unspecified atom stereocenters. The third-order valence-electron chi connectivity index (χ3n) is 7.98. The predicted octanol–water partition coefficient (Wildman–Crippen LogP) is 4.16. The second-order valence-corrected chi connectivity index (χ2v) is 13.1. The lowest BCUT2D eigenvalue weighted by Crippen LogP contribution is -2.47. The van der Waals surface area contributed by atoms with Crippen molar-refractivity contribution in [3.8, 4) is 17.2 Å². The average Bonchev–Trinajstić information content (AvgIpc) is 3.47. The third kappa shape index (κ3) is 6.00. The van der Waals surface area contributed by atoms with Gasteiger partial charge in [0.05, 0.1) is 23.9 Å². The highest BCUT2D eigenvalue weighted by Gasteiger charge is 2.51. The van der Waals surface area contributed by atoms with Crippen molar-refractivity contribution >= 4 is 15.9 Å². The molecule has 40 heavy (non-hydrogen) atoms. The number of nitrogens with one attached hydrogen (secondary N) is 1. The van der Waals surface area contributed by atoms with Crippen molar-refractivity contribution in [1.82, 2.24) is 19.4 Å². The number of benzene rings is 1. The SMILES string of the molecule is CS(=O)(=O)N1CC(c2ccc(-c3cn(CC(F)(F)F)nc3[C@@H]3CCC(F)(F)C[C@H]3C(=O)NC3(C#N)CC3)cc2)C1. The number of carbonyl (C=O) groups is 1. The number of amides is 1. The fourth-order valence-electron chi connectivity index (χ4n) is 5.51. The second kappa shape index (κ2) is 9.80. The van der Waals surface area contributed by atoms with Crippen LogP contribution in [0.3, 0.4) is 0 Å². The number of alkyl halides is 5. The van der Waals surface area contributed by atoms with Gasteiger partial charge in [-0.25, -0.2) is 21.5 Å². The first kappa shape index (κ1) is 28.5. The summed E-state index contributed by atoms with van der Waals surface area (Å²) in [5.74, 6) is -6.05. The normalized spacial score (nSPS) is 24.6. The largest absolute Gasteiger partial charge is 0.408 e. The Labute approximate surface area is 228 Å². The highest BCUT2D eigenvalue weighted by molar-refractivity contribution is 7.88. The molecule has 8 nitrogen and oxygen atoms in total. The first-order valence-corrected chi connectivity index (χ1v) is 14.7. The Balaban J connectivity index is 1.46. The zero-order valence-corrected chi connectivity index (χ0v) is 22.4. The van der Waals surface area contributed by atoms with Crippen LogP contribution in [0.15, 0.2) is 30.5 Å². The first-order valence-electron chi connectivity index (χ1n) is 12.9. The molecule has 14 heteroatoms. The lowest BCUT2D eigenvalue weighted by Gasteiger charge is -2.37. The molecular weight excluding hydrogens is 557 g/mol. The quantitative estimate of drug-likeness (QED) is 0.491. The van der Waals surface area contributed by atoms with Gasteiger partial charge in [-0.3, -0.25) is 9.48 Å². The molecule has 1 aromatic carbocycles. The standard InChI is InChI=1S/C26H28F5N5O3S/c1-40(38,39)36-11-18(12-36)16-2-4-17(5-3-16)21-13-35(15-26(29,30)31)34-22(21)19-6-7-25(27,28)10-20(19)23(37)33-24(14-32)8-9-24/h2-5,13,18-20H,6-12,15H2,1H3,(H,33,37)/t19-,20-/m1/s1. The summed E-state index contributed by atoms with van der Waals surface area (Å²) in [6.45, 7) is -0.743. The summed E-state index contributed by atoms with van der Waals surface area (Å²) in [6, 6.07) is 8.87. The number of nitriles is 1. The van der Waals surface area contributed by atoms with E-state index in [0.717, 1.165) is 11.8 Å². The number of halogens is 5. The van der Waals surface area contributed by atoms with Crippen molar-refractivity contribution in [2.24, 2.45) is 5.92 Å². The van der Waals surface area contributed by atoms with E-state index in [1.54, 1.807) is 24.3 Å². The Morgan fingerprint density at radius 2 is 1.82 bits per heavy atom. The van der Waals surface area contributed by atoms with Crippen LogP contribution in [0.25, 0.3) is 11.1 Å². The molecule has 2 atom stereocenters. The number of hydrogen-bond acceptors (Lipinski definition) is 5. The first-order chi connectivity index (χ1) is 18.6. The van der Waals surface area contributed by atoms with E-state index in [9.17, 15) is 40.4 Å². The maximum atomic E-state index is 14.5. The van der Waals surface area contributed by atoms with E-state index in [1.165, 1.54) is 10.5 Å². The number of carbonyl (C=O) groups excluding carboxylic acids is 1. The Bertz CT molecular complexity index is 1440. The summed E-state index contributed by atoms with van der Waals surface area (Å²) in [6.07, 6.45) is -2.93. The average molecular weight is 586 g/mol. The van der Waals surface area contributed by atoms with Crippen molar-refractivity contribution in [2.45, 2.75) is 68.1 Å². The van der Waals surface area contributed by atoms with E-state index in [0.29, 0.717) is 41.7 Å². The number of hydrogen-bond donors (Lipinski definition) is 1. The number of nitrogens with zero attached hydrogens (tertiary/aromatic N) is 4. The molecule has 2 heterocycles. The van der Waals surface area contributed by atoms with Gasteiger partial charge in [0.25, 0.3) is 0 Å². The van der Waals surface area contributed by atoms with Crippen LogP contribution < -0.4 is 5.32 Å². The Hall–Kier alpha value is -3.05. The smallest absolute Gasteiger partial charge is 0.338 e. The minimum atomic E-state index is -4.58. The Kier molecular flexibility index (Phi) is 6.97. The highest BCUT2D eigenvalue weighted by Crippen LogP contribution is 2.48. The summed E-state index contributed by atoms with van der Waals surface area (Å²) in [7, 11) is -3.29. The molecule has 0 bridgehead atoms. The molecule has 0 radical (unpaired) electrons. The minimum absolute atomic E-state index is 0.0280. The highest BCUT2D eigenvalue weighted by atomic mass is 32.2. The molecule has 216 valence electrons. The monoisotopic (exact) mass is 585 g/mol. The van der Waals surface area contributed by atoms with Gasteiger partial charge >= 0.3 is 6.18 Å². The van der Waals surface area contributed by atoms with E-state index >= 15 is 0 Å². The van der Waals surface area contributed by atoms with Crippen LogP contribution >= 0.6 is 0 Å².